The van der Waals surface area contributed by atoms with Gasteiger partial charge in [-0.1, -0.05) is 12.1 Å². The van der Waals surface area contributed by atoms with Crippen LogP contribution in [-0.2, 0) is 14.4 Å². The van der Waals surface area contributed by atoms with Crippen LogP contribution in [-0.4, -0.2) is 40.8 Å². The number of carbonyl (C=O) groups excluding carboxylic acids is 3. The van der Waals surface area contributed by atoms with Gasteiger partial charge < -0.3 is 21.3 Å². The molecule has 10 nitrogen and oxygen atoms in total. The number of nitrogens with two attached hydrogens (primary N) is 1. The van der Waals surface area contributed by atoms with Crippen molar-refractivity contribution in [3.8, 4) is 0 Å². The highest BCUT2D eigenvalue weighted by Gasteiger charge is 2.35. The number of hydrogen-bond acceptors (Lipinski definition) is 6. The number of aromatic nitrogens is 2. The number of aromatic amines is 1. The number of primary amides is 1. The van der Waals surface area contributed by atoms with Crippen molar-refractivity contribution in [2.45, 2.75) is 32.1 Å². The lowest BCUT2D eigenvalue weighted by molar-refractivity contribution is -0.123. The Bertz CT molecular complexity index is 1100. The quantitative estimate of drug-likeness (QED) is 0.571. The van der Waals surface area contributed by atoms with Crippen LogP contribution < -0.4 is 26.8 Å². The number of piperidine rings is 1. The number of aryl methyl sites for hydroxylation is 1. The van der Waals surface area contributed by atoms with Gasteiger partial charge in [0, 0.05) is 31.1 Å². The first kappa shape index (κ1) is 20.6. The third-order valence-electron chi connectivity index (χ3n) is 5.74. The fourth-order valence-electron chi connectivity index (χ4n) is 4.06. The number of rotatable bonds is 4. The molecule has 5 N–H and O–H groups in total. The smallest absolute Gasteiger partial charge is 0.258 e. The summed E-state index contributed by atoms with van der Waals surface area (Å²) in [5.41, 5.74) is 6.61. The summed E-state index contributed by atoms with van der Waals surface area (Å²) in [6.45, 7) is 2.91. The van der Waals surface area contributed by atoms with Crippen LogP contribution in [0.3, 0.4) is 0 Å². The molecule has 10 heteroatoms. The molecular formula is C21H24N6O4. The zero-order chi connectivity index (χ0) is 22.1. The normalized spacial score (nSPS) is 18.8. The number of hydrogen-bond donors (Lipinski definition) is 4. The summed E-state index contributed by atoms with van der Waals surface area (Å²) in [6, 6.07) is 7.27. The summed E-state index contributed by atoms with van der Waals surface area (Å²) in [4.78, 5) is 58.4. The van der Waals surface area contributed by atoms with Gasteiger partial charge in [-0.25, -0.2) is 0 Å². The molecule has 3 amide bonds. The Kier molecular flexibility index (Phi) is 5.45. The molecule has 1 aromatic carbocycles. The minimum absolute atomic E-state index is 0.0939. The van der Waals surface area contributed by atoms with Crippen LogP contribution in [0.15, 0.2) is 29.1 Å². The van der Waals surface area contributed by atoms with Crippen molar-refractivity contribution >= 4 is 35.2 Å². The molecule has 3 heterocycles. The maximum Gasteiger partial charge on any atom is 0.258 e. The second-order valence-corrected chi connectivity index (χ2v) is 7.98. The van der Waals surface area contributed by atoms with E-state index in [1.807, 2.05) is 30.0 Å². The van der Waals surface area contributed by atoms with Gasteiger partial charge >= 0.3 is 0 Å². The van der Waals surface area contributed by atoms with Crippen LogP contribution in [0.1, 0.15) is 36.3 Å². The molecule has 2 aliphatic heterocycles. The van der Waals surface area contributed by atoms with Crippen LogP contribution >= 0.6 is 0 Å². The maximum atomic E-state index is 12.9. The Balaban J connectivity index is 1.59. The first-order valence-electron chi connectivity index (χ1n) is 10.2. The number of benzene rings is 1. The van der Waals surface area contributed by atoms with E-state index in [-0.39, 0.29) is 35.5 Å². The van der Waals surface area contributed by atoms with Gasteiger partial charge in [0.15, 0.2) is 0 Å². The summed E-state index contributed by atoms with van der Waals surface area (Å²) in [6.07, 6.45) is 0.979. The van der Waals surface area contributed by atoms with Crippen LogP contribution in [0.4, 0.5) is 17.5 Å². The maximum absolute atomic E-state index is 12.9. The molecule has 0 spiro atoms. The van der Waals surface area contributed by atoms with Gasteiger partial charge in [-0.05, 0) is 37.5 Å². The van der Waals surface area contributed by atoms with Crippen molar-refractivity contribution in [2.24, 2.45) is 11.7 Å². The van der Waals surface area contributed by atoms with E-state index in [4.69, 9.17) is 5.73 Å². The largest absolute Gasteiger partial charge is 0.369 e. The minimum atomic E-state index is -0.949. The van der Waals surface area contributed by atoms with Crippen LogP contribution in [0.5, 0.6) is 0 Å². The number of fused-ring (bicyclic) bond motifs is 1. The van der Waals surface area contributed by atoms with E-state index in [9.17, 15) is 19.2 Å². The van der Waals surface area contributed by atoms with Crippen molar-refractivity contribution in [3.63, 3.8) is 0 Å². The van der Waals surface area contributed by atoms with Crippen molar-refractivity contribution in [2.75, 3.05) is 28.6 Å². The Hall–Kier alpha value is -3.69. The van der Waals surface area contributed by atoms with Crippen molar-refractivity contribution in [3.05, 3.63) is 45.7 Å². The number of nitrogens with zero attached hydrogens (tertiary/aromatic N) is 2. The fourth-order valence-corrected chi connectivity index (χ4v) is 4.06. The van der Waals surface area contributed by atoms with Gasteiger partial charge in [-0.15, -0.1) is 0 Å². The predicted molar refractivity (Wildman–Crippen MR) is 115 cm³/mol. The summed E-state index contributed by atoms with van der Waals surface area (Å²) >= 11 is 0. The average Bonchev–Trinajstić information content (AvgIpc) is 2.72. The van der Waals surface area contributed by atoms with E-state index in [0.29, 0.717) is 37.6 Å². The van der Waals surface area contributed by atoms with Crippen LogP contribution in [0.2, 0.25) is 0 Å². The van der Waals surface area contributed by atoms with Crippen molar-refractivity contribution in [1.82, 2.24) is 9.97 Å². The molecule has 162 valence electrons. The third-order valence-corrected chi connectivity index (χ3v) is 5.74. The van der Waals surface area contributed by atoms with E-state index in [1.165, 1.54) is 0 Å². The molecule has 0 bridgehead atoms. The molecule has 31 heavy (non-hydrogen) atoms. The van der Waals surface area contributed by atoms with E-state index in [2.05, 4.69) is 20.6 Å². The lowest BCUT2D eigenvalue weighted by Crippen LogP contribution is -2.41. The van der Waals surface area contributed by atoms with Crippen molar-refractivity contribution in [1.29, 1.82) is 0 Å². The molecule has 0 radical (unpaired) electrons. The molecule has 0 aliphatic carbocycles. The zero-order valence-electron chi connectivity index (χ0n) is 17.1. The molecular weight excluding hydrogens is 400 g/mol. The molecule has 0 unspecified atom stereocenters. The lowest BCUT2D eigenvalue weighted by Gasteiger charge is -2.32. The summed E-state index contributed by atoms with van der Waals surface area (Å²) in [7, 11) is 0. The molecule has 2 aliphatic rings. The van der Waals surface area contributed by atoms with Gasteiger partial charge in [0.1, 0.15) is 5.82 Å². The second kappa shape index (κ2) is 8.21. The monoisotopic (exact) mass is 424 g/mol. The SMILES string of the molecule is Cc1cccc(NC(=O)[C@@H]2CC(=O)Nc3nc(N4CCC(C(N)=O)CC4)[nH]c(=O)c32)c1. The van der Waals surface area contributed by atoms with E-state index < -0.39 is 17.4 Å². The van der Waals surface area contributed by atoms with E-state index in [1.54, 1.807) is 6.07 Å². The van der Waals surface area contributed by atoms with Gasteiger partial charge in [0.2, 0.25) is 23.7 Å². The standard InChI is InChI=1S/C21H24N6O4/c1-11-3-2-4-13(9-11)23-19(30)14-10-15(28)24-18-16(14)20(31)26-21(25-18)27-7-5-12(6-8-27)17(22)29/h2-4,9,12,14H,5-8,10H2,1H3,(H2,22,29)(H,23,30)(H2,24,25,26,28,31)/t14-/m1/s1. The molecule has 1 fully saturated rings. The second-order valence-electron chi connectivity index (χ2n) is 7.98. The Morgan fingerprint density at radius 1 is 1.23 bits per heavy atom. The molecule has 0 saturated carbocycles. The Morgan fingerprint density at radius 3 is 2.65 bits per heavy atom. The number of amides is 3. The first-order valence-corrected chi connectivity index (χ1v) is 10.2. The molecule has 2 aromatic rings. The average molecular weight is 424 g/mol. The molecule has 1 aromatic heterocycles. The van der Waals surface area contributed by atoms with Crippen molar-refractivity contribution < 1.29 is 14.4 Å². The molecule has 1 atom stereocenters. The topological polar surface area (TPSA) is 150 Å². The molecule has 4 rings (SSSR count). The van der Waals surface area contributed by atoms with Gasteiger partial charge in [0.25, 0.3) is 5.56 Å². The van der Waals surface area contributed by atoms with Crippen LogP contribution in [0, 0.1) is 12.8 Å². The summed E-state index contributed by atoms with van der Waals surface area (Å²) in [5.74, 6) is -1.91. The lowest BCUT2D eigenvalue weighted by atomic mass is 9.92. The predicted octanol–water partition coefficient (Wildman–Crippen LogP) is 0.845. The Morgan fingerprint density at radius 2 is 1.97 bits per heavy atom. The van der Waals surface area contributed by atoms with E-state index in [0.717, 1.165) is 5.56 Å². The number of H-pyrrole nitrogens is 1. The van der Waals surface area contributed by atoms with E-state index >= 15 is 0 Å². The zero-order valence-corrected chi connectivity index (χ0v) is 17.1. The highest BCUT2D eigenvalue weighted by Crippen LogP contribution is 2.31. The number of carbonyl (C=O) groups is 3. The van der Waals surface area contributed by atoms with Gasteiger partial charge in [-0.2, -0.15) is 4.98 Å². The molecule has 1 saturated heterocycles. The Labute approximate surface area is 178 Å². The summed E-state index contributed by atoms with van der Waals surface area (Å²) < 4.78 is 0. The van der Waals surface area contributed by atoms with Gasteiger partial charge in [0.05, 0.1) is 11.5 Å². The third kappa shape index (κ3) is 4.27. The summed E-state index contributed by atoms with van der Waals surface area (Å²) in [5, 5.41) is 5.40. The number of anilines is 3. The number of nitrogens with one attached hydrogen (secondary N) is 3. The minimum Gasteiger partial charge on any atom is -0.369 e. The fraction of sp³-hybridized carbons (Fsp3) is 0.381. The highest BCUT2D eigenvalue weighted by atomic mass is 16.2. The van der Waals surface area contributed by atoms with Gasteiger partial charge in [-0.3, -0.25) is 24.2 Å². The van der Waals surface area contributed by atoms with Crippen LogP contribution in [0.25, 0.3) is 0 Å². The first-order chi connectivity index (χ1) is 14.8. The highest BCUT2D eigenvalue weighted by molar-refractivity contribution is 6.04.